The molecule has 3 heteroatoms. The molecule has 3 nitrogen and oxygen atoms in total. The molecule has 0 atom stereocenters. The van der Waals surface area contributed by atoms with Gasteiger partial charge in [0.25, 0.3) is 0 Å². The lowest BCUT2D eigenvalue weighted by molar-refractivity contribution is -0.115. The zero-order valence-electron chi connectivity index (χ0n) is 9.04. The van der Waals surface area contributed by atoms with Crippen molar-refractivity contribution in [3.05, 3.63) is 23.6 Å². The van der Waals surface area contributed by atoms with Gasteiger partial charge in [0.2, 0.25) is 5.78 Å². The minimum absolute atomic E-state index is 0.0341. The topological polar surface area (TPSA) is 29.5 Å². The molecule has 1 aliphatic carbocycles. The van der Waals surface area contributed by atoms with Crippen LogP contribution in [0.4, 0.5) is 0 Å². The first-order chi connectivity index (χ1) is 6.65. The van der Waals surface area contributed by atoms with E-state index in [2.05, 4.69) is 0 Å². The molecule has 0 spiro atoms. The smallest absolute Gasteiger partial charge is 0.224 e. The van der Waals surface area contributed by atoms with Crippen molar-refractivity contribution in [2.45, 2.75) is 19.8 Å². The molecule has 0 aromatic carbocycles. The third kappa shape index (κ3) is 2.62. The minimum atomic E-state index is 0.0341. The maximum Gasteiger partial charge on any atom is 0.224 e. The van der Waals surface area contributed by atoms with Gasteiger partial charge in [-0.2, -0.15) is 0 Å². The zero-order chi connectivity index (χ0) is 10.6. The number of carbonyl (C=O) groups is 1. The second-order valence-corrected chi connectivity index (χ2v) is 3.49. The monoisotopic (exact) mass is 195 g/mol. The fourth-order valence-electron chi connectivity index (χ4n) is 1.44. The molecule has 0 heterocycles. The number of ketones is 1. The van der Waals surface area contributed by atoms with Crippen molar-refractivity contribution in [3.63, 3.8) is 0 Å². The summed E-state index contributed by atoms with van der Waals surface area (Å²) in [4.78, 5) is 13.7. The van der Waals surface area contributed by atoms with E-state index in [-0.39, 0.29) is 5.78 Å². The number of nitrogens with zero attached hydrogens (tertiary/aromatic N) is 1. The van der Waals surface area contributed by atoms with Crippen molar-refractivity contribution in [3.8, 4) is 0 Å². The van der Waals surface area contributed by atoms with Gasteiger partial charge < -0.3 is 9.64 Å². The van der Waals surface area contributed by atoms with E-state index in [1.54, 1.807) is 0 Å². The molecule has 14 heavy (non-hydrogen) atoms. The van der Waals surface area contributed by atoms with Crippen molar-refractivity contribution in [2.75, 3.05) is 20.7 Å². The highest BCUT2D eigenvalue weighted by Crippen LogP contribution is 2.20. The van der Waals surface area contributed by atoms with Crippen LogP contribution in [0.3, 0.4) is 0 Å². The Balaban J connectivity index is 2.77. The maximum absolute atomic E-state index is 11.8. The van der Waals surface area contributed by atoms with Gasteiger partial charge in [0.1, 0.15) is 0 Å². The molecule has 0 fully saturated rings. The Hall–Kier alpha value is -1.25. The average molecular weight is 195 g/mol. The predicted octanol–water partition coefficient (Wildman–Crippen LogP) is 1.72. The van der Waals surface area contributed by atoms with Crippen LogP contribution >= 0.6 is 0 Å². The van der Waals surface area contributed by atoms with Crippen molar-refractivity contribution in [1.82, 2.24) is 4.90 Å². The maximum atomic E-state index is 11.8. The number of carbonyl (C=O) groups excluding carboxylic acids is 1. The quantitative estimate of drug-likeness (QED) is 0.642. The molecule has 78 valence electrons. The number of ether oxygens (including phenoxy) is 1. The Morgan fingerprint density at radius 2 is 2.29 bits per heavy atom. The summed E-state index contributed by atoms with van der Waals surface area (Å²) in [6.45, 7) is 2.44. The predicted molar refractivity (Wildman–Crippen MR) is 55.7 cm³/mol. The molecule has 0 N–H and O–H groups in total. The van der Waals surface area contributed by atoms with Crippen molar-refractivity contribution >= 4 is 5.78 Å². The van der Waals surface area contributed by atoms with E-state index in [4.69, 9.17) is 4.74 Å². The lowest BCUT2D eigenvalue weighted by Crippen LogP contribution is -2.16. The van der Waals surface area contributed by atoms with Crippen LogP contribution in [0, 0.1) is 0 Å². The number of hydrogen-bond acceptors (Lipinski definition) is 3. The average Bonchev–Trinajstić information content (AvgIpc) is 2.11. The SMILES string of the molecule is CCOC1=CCC/C(=C/N(C)C)C1=O. The summed E-state index contributed by atoms with van der Waals surface area (Å²) in [5.74, 6) is 0.540. The molecule has 0 unspecified atom stereocenters. The van der Waals surface area contributed by atoms with Crippen LogP contribution in [-0.4, -0.2) is 31.4 Å². The van der Waals surface area contributed by atoms with Gasteiger partial charge >= 0.3 is 0 Å². The van der Waals surface area contributed by atoms with E-state index in [9.17, 15) is 4.79 Å². The Morgan fingerprint density at radius 3 is 2.86 bits per heavy atom. The molecule has 0 saturated heterocycles. The van der Waals surface area contributed by atoms with Gasteiger partial charge in [-0.1, -0.05) is 0 Å². The van der Waals surface area contributed by atoms with E-state index in [1.807, 2.05) is 38.2 Å². The molecular weight excluding hydrogens is 178 g/mol. The molecule has 0 aliphatic heterocycles. The van der Waals surface area contributed by atoms with Gasteiger partial charge in [0.15, 0.2) is 5.76 Å². The first kappa shape index (κ1) is 10.8. The molecule has 1 aliphatic rings. The molecule has 0 aromatic rings. The van der Waals surface area contributed by atoms with Crippen LogP contribution in [0.15, 0.2) is 23.6 Å². The van der Waals surface area contributed by atoms with Crippen molar-refractivity contribution in [2.24, 2.45) is 0 Å². The van der Waals surface area contributed by atoms with Gasteiger partial charge in [-0.25, -0.2) is 0 Å². The van der Waals surface area contributed by atoms with Gasteiger partial charge in [0, 0.05) is 25.9 Å². The Morgan fingerprint density at radius 1 is 1.57 bits per heavy atom. The van der Waals surface area contributed by atoms with E-state index in [0.29, 0.717) is 12.4 Å². The standard InChI is InChI=1S/C11H17NO2/c1-4-14-10-7-5-6-9(11(10)13)8-12(2)3/h7-8H,4-6H2,1-3H3/b9-8-. The molecule has 0 bridgehead atoms. The third-order valence-corrected chi connectivity index (χ3v) is 1.97. The van der Waals surface area contributed by atoms with Crippen molar-refractivity contribution in [1.29, 1.82) is 0 Å². The Bertz CT molecular complexity index is 277. The molecule has 0 saturated carbocycles. The lowest BCUT2D eigenvalue weighted by Gasteiger charge is -2.16. The molecule has 1 rings (SSSR count). The summed E-state index contributed by atoms with van der Waals surface area (Å²) in [6, 6.07) is 0. The van der Waals surface area contributed by atoms with Crippen LogP contribution in [0.25, 0.3) is 0 Å². The summed E-state index contributed by atoms with van der Waals surface area (Å²) in [5.41, 5.74) is 0.834. The first-order valence-corrected chi connectivity index (χ1v) is 4.90. The summed E-state index contributed by atoms with van der Waals surface area (Å²) in [6.07, 6.45) is 5.45. The second-order valence-electron chi connectivity index (χ2n) is 3.49. The van der Waals surface area contributed by atoms with Crippen LogP contribution < -0.4 is 0 Å². The largest absolute Gasteiger partial charge is 0.490 e. The molecule has 0 aromatic heterocycles. The highest BCUT2D eigenvalue weighted by molar-refractivity contribution is 6.07. The van der Waals surface area contributed by atoms with E-state index < -0.39 is 0 Å². The first-order valence-electron chi connectivity index (χ1n) is 4.90. The second kappa shape index (κ2) is 4.84. The third-order valence-electron chi connectivity index (χ3n) is 1.97. The normalized spacial score (nSPS) is 19.5. The molecule has 0 amide bonds. The van der Waals surface area contributed by atoms with Crippen LogP contribution in [0.2, 0.25) is 0 Å². The summed E-state index contributed by atoms with van der Waals surface area (Å²) >= 11 is 0. The Kier molecular flexibility index (Phi) is 3.74. The Labute approximate surface area is 85.0 Å². The number of allylic oxidation sites excluding steroid dienone is 2. The van der Waals surface area contributed by atoms with E-state index in [0.717, 1.165) is 18.4 Å². The fraction of sp³-hybridized carbons (Fsp3) is 0.545. The highest BCUT2D eigenvalue weighted by Gasteiger charge is 2.20. The van der Waals surface area contributed by atoms with Gasteiger partial charge in [-0.15, -0.1) is 0 Å². The number of hydrogen-bond donors (Lipinski definition) is 0. The highest BCUT2D eigenvalue weighted by atomic mass is 16.5. The molecule has 0 radical (unpaired) electrons. The fourth-order valence-corrected chi connectivity index (χ4v) is 1.44. The zero-order valence-corrected chi connectivity index (χ0v) is 9.04. The summed E-state index contributed by atoms with van der Waals surface area (Å²) < 4.78 is 5.26. The number of rotatable bonds is 3. The number of Topliss-reactive ketones (excluding diaryl/α,β-unsaturated/α-hetero) is 1. The lowest BCUT2D eigenvalue weighted by atomic mass is 9.99. The van der Waals surface area contributed by atoms with Gasteiger partial charge in [-0.3, -0.25) is 4.79 Å². The molecular formula is C11H17NO2. The van der Waals surface area contributed by atoms with Crippen LogP contribution in [0.1, 0.15) is 19.8 Å². The van der Waals surface area contributed by atoms with E-state index >= 15 is 0 Å². The minimum Gasteiger partial charge on any atom is -0.490 e. The summed E-state index contributed by atoms with van der Waals surface area (Å²) in [5, 5.41) is 0. The van der Waals surface area contributed by atoms with Crippen molar-refractivity contribution < 1.29 is 9.53 Å². The van der Waals surface area contributed by atoms with E-state index in [1.165, 1.54) is 0 Å². The van der Waals surface area contributed by atoms with Crippen LogP contribution in [-0.2, 0) is 9.53 Å². The summed E-state index contributed by atoms with van der Waals surface area (Å²) in [7, 11) is 3.83. The van der Waals surface area contributed by atoms with Crippen LogP contribution in [0.5, 0.6) is 0 Å². The van der Waals surface area contributed by atoms with Gasteiger partial charge in [-0.05, 0) is 25.8 Å². The van der Waals surface area contributed by atoms with Gasteiger partial charge in [0.05, 0.1) is 6.61 Å².